The molecule has 22 heavy (non-hydrogen) atoms. The van der Waals surface area contributed by atoms with Crippen molar-refractivity contribution < 1.29 is 9.90 Å². The van der Waals surface area contributed by atoms with Gasteiger partial charge in [-0.15, -0.1) is 0 Å². The molecular weight excluding hydrogens is 416 g/mol. The summed E-state index contributed by atoms with van der Waals surface area (Å²) in [6.45, 7) is 0. The van der Waals surface area contributed by atoms with E-state index < -0.39 is 0 Å². The molecule has 2 heterocycles. The van der Waals surface area contributed by atoms with E-state index in [-0.39, 0.29) is 11.7 Å². The topological polar surface area (TPSA) is 87.5 Å². The molecule has 1 aromatic carbocycles. The second kappa shape index (κ2) is 5.98. The minimum absolute atomic E-state index is 0.0957. The van der Waals surface area contributed by atoms with E-state index in [1.807, 2.05) is 0 Å². The Hall–Kier alpha value is -2.06. The van der Waals surface area contributed by atoms with E-state index in [4.69, 9.17) is 0 Å². The molecule has 0 saturated carbocycles. The predicted octanol–water partition coefficient (Wildman–Crippen LogP) is 2.62. The molecule has 2 N–H and O–H groups in total. The van der Waals surface area contributed by atoms with E-state index >= 15 is 0 Å². The molecule has 0 atom stereocenters. The number of aromatic hydroxyl groups is 1. The molecule has 0 fully saturated rings. The van der Waals surface area contributed by atoms with Crippen LogP contribution < -0.4 is 5.43 Å². The summed E-state index contributed by atoms with van der Waals surface area (Å²) in [4.78, 5) is 20.2. The molecule has 0 unspecified atom stereocenters. The molecule has 0 spiro atoms. The normalized spacial score (nSPS) is 15.8. The minimum atomic E-state index is -0.331. The molecule has 0 saturated heterocycles. The lowest BCUT2D eigenvalue weighted by Crippen LogP contribution is -2.14. The molecule has 3 rings (SSSR count). The van der Waals surface area contributed by atoms with Crippen molar-refractivity contribution in [2.45, 2.75) is 0 Å². The molecule has 6 nitrogen and oxygen atoms in total. The molecule has 0 bridgehead atoms. The number of aromatic nitrogens is 2. The minimum Gasteiger partial charge on any atom is -0.506 e. The van der Waals surface area contributed by atoms with Crippen molar-refractivity contribution >= 4 is 49.6 Å². The van der Waals surface area contributed by atoms with Gasteiger partial charge >= 0.3 is 0 Å². The zero-order valence-corrected chi connectivity index (χ0v) is 14.1. The highest BCUT2D eigenvalue weighted by molar-refractivity contribution is 9.11. The number of nitrogens with one attached hydrogen (secondary N) is 1. The summed E-state index contributed by atoms with van der Waals surface area (Å²) in [5.41, 5.74) is 3.86. The summed E-state index contributed by atoms with van der Waals surface area (Å²) in [6, 6.07) is 5.08. The smallest absolute Gasteiger partial charge is 0.273 e. The molecule has 1 amide bonds. The highest BCUT2D eigenvalue weighted by atomic mass is 79.9. The summed E-state index contributed by atoms with van der Waals surface area (Å²) < 4.78 is 1.03. The molecule has 1 aromatic heterocycles. The first kappa shape index (κ1) is 14.9. The number of carbonyl (C=O) groups is 1. The number of hydrogen-bond donors (Lipinski definition) is 2. The molecule has 0 aliphatic carbocycles. The van der Waals surface area contributed by atoms with E-state index in [0.717, 1.165) is 0 Å². The van der Waals surface area contributed by atoms with Gasteiger partial charge < -0.3 is 5.11 Å². The number of phenolic OH excluding ortho intramolecular Hbond substituents is 1. The third-order valence-corrected chi connectivity index (χ3v) is 4.11. The summed E-state index contributed by atoms with van der Waals surface area (Å²) >= 11 is 6.51. The Labute approximate surface area is 142 Å². The number of rotatable bonds is 2. The van der Waals surface area contributed by atoms with Crippen molar-refractivity contribution in [3.05, 3.63) is 56.5 Å². The fourth-order valence-electron chi connectivity index (χ4n) is 1.90. The zero-order chi connectivity index (χ0) is 15.7. The van der Waals surface area contributed by atoms with Crippen LogP contribution in [-0.4, -0.2) is 26.7 Å². The number of amides is 1. The van der Waals surface area contributed by atoms with Crippen LogP contribution in [0.2, 0.25) is 0 Å². The van der Waals surface area contributed by atoms with Gasteiger partial charge in [-0.1, -0.05) is 0 Å². The van der Waals surface area contributed by atoms with E-state index in [2.05, 4.69) is 52.4 Å². The Morgan fingerprint density at radius 3 is 2.41 bits per heavy atom. The highest BCUT2D eigenvalue weighted by Gasteiger charge is 2.25. The van der Waals surface area contributed by atoms with Crippen molar-refractivity contribution in [1.29, 1.82) is 0 Å². The average Bonchev–Trinajstić information content (AvgIpc) is 2.87. The van der Waals surface area contributed by atoms with Crippen molar-refractivity contribution in [2.75, 3.05) is 0 Å². The SMILES string of the molecule is O=C1NN=C(c2ncccn2)C1=Cc1cc(Br)c(O)c(Br)c1. The Kier molecular flexibility index (Phi) is 4.04. The third kappa shape index (κ3) is 2.79. The number of nitrogens with zero attached hydrogens (tertiary/aromatic N) is 3. The molecule has 0 radical (unpaired) electrons. The van der Waals surface area contributed by atoms with Gasteiger partial charge in [0.1, 0.15) is 11.5 Å². The molecule has 8 heteroatoms. The first-order valence-corrected chi connectivity index (χ1v) is 7.70. The van der Waals surface area contributed by atoms with Crippen LogP contribution in [0.4, 0.5) is 0 Å². The Morgan fingerprint density at radius 1 is 1.14 bits per heavy atom. The van der Waals surface area contributed by atoms with Gasteiger partial charge in [0.25, 0.3) is 5.91 Å². The van der Waals surface area contributed by atoms with Gasteiger partial charge in [-0.3, -0.25) is 4.79 Å². The lowest BCUT2D eigenvalue weighted by atomic mass is 10.1. The molecule has 110 valence electrons. The second-order valence-corrected chi connectivity index (χ2v) is 6.07. The van der Waals surface area contributed by atoms with Gasteiger partial charge in [-0.05, 0) is 61.7 Å². The number of carbonyl (C=O) groups excluding carboxylic acids is 1. The number of phenols is 1. The van der Waals surface area contributed by atoms with Gasteiger partial charge in [0.05, 0.1) is 14.5 Å². The molecule has 2 aromatic rings. The van der Waals surface area contributed by atoms with E-state index in [0.29, 0.717) is 31.6 Å². The van der Waals surface area contributed by atoms with Crippen LogP contribution in [0.1, 0.15) is 11.4 Å². The van der Waals surface area contributed by atoms with Gasteiger partial charge in [0, 0.05) is 12.4 Å². The number of hydrazone groups is 1. The first-order chi connectivity index (χ1) is 10.6. The third-order valence-electron chi connectivity index (χ3n) is 2.90. The summed E-state index contributed by atoms with van der Waals surface area (Å²) in [5.74, 6) is 0.130. The number of halogens is 2. The van der Waals surface area contributed by atoms with Crippen molar-refractivity contribution in [2.24, 2.45) is 5.10 Å². The standard InChI is InChI=1S/C14H8Br2N4O2/c15-9-5-7(6-10(16)12(9)21)4-8-11(19-20-14(8)22)13-17-2-1-3-18-13/h1-6,21H,(H,20,22). The largest absolute Gasteiger partial charge is 0.506 e. The number of benzene rings is 1. The van der Waals surface area contributed by atoms with Crippen LogP contribution in [0.25, 0.3) is 6.08 Å². The quantitative estimate of drug-likeness (QED) is 0.726. The fourth-order valence-corrected chi connectivity index (χ4v) is 3.12. The van der Waals surface area contributed by atoms with Crippen LogP contribution in [0.3, 0.4) is 0 Å². The van der Waals surface area contributed by atoms with Crippen molar-refractivity contribution in [3.8, 4) is 5.75 Å². The van der Waals surface area contributed by atoms with Crippen molar-refractivity contribution in [1.82, 2.24) is 15.4 Å². The van der Waals surface area contributed by atoms with E-state index in [1.165, 1.54) is 0 Å². The van der Waals surface area contributed by atoms with Crippen LogP contribution in [-0.2, 0) is 4.79 Å². The second-order valence-electron chi connectivity index (χ2n) is 4.36. The Bertz CT molecular complexity index is 796. The summed E-state index contributed by atoms with van der Waals surface area (Å²) in [7, 11) is 0. The van der Waals surface area contributed by atoms with Gasteiger partial charge in [-0.25, -0.2) is 15.4 Å². The maximum Gasteiger partial charge on any atom is 0.273 e. The molecular formula is C14H8Br2N4O2. The van der Waals surface area contributed by atoms with Crippen molar-refractivity contribution in [3.63, 3.8) is 0 Å². The molecule has 1 aliphatic heterocycles. The summed E-state index contributed by atoms with van der Waals surface area (Å²) in [6.07, 6.45) is 4.82. The maximum atomic E-state index is 12.0. The Morgan fingerprint density at radius 2 is 1.77 bits per heavy atom. The molecule has 1 aliphatic rings. The number of hydrogen-bond acceptors (Lipinski definition) is 5. The van der Waals surface area contributed by atoms with Gasteiger partial charge in [0.15, 0.2) is 5.82 Å². The fraction of sp³-hybridized carbons (Fsp3) is 0. The zero-order valence-electron chi connectivity index (χ0n) is 10.9. The van der Waals surface area contributed by atoms with Crippen LogP contribution in [0.15, 0.2) is 50.2 Å². The Balaban J connectivity index is 2.06. The van der Waals surface area contributed by atoms with Crippen LogP contribution >= 0.6 is 31.9 Å². The van der Waals surface area contributed by atoms with E-state index in [1.54, 1.807) is 36.7 Å². The monoisotopic (exact) mass is 422 g/mol. The van der Waals surface area contributed by atoms with Gasteiger partial charge in [-0.2, -0.15) is 5.10 Å². The van der Waals surface area contributed by atoms with Crippen LogP contribution in [0, 0.1) is 0 Å². The van der Waals surface area contributed by atoms with E-state index in [9.17, 15) is 9.90 Å². The van der Waals surface area contributed by atoms with Crippen LogP contribution in [0.5, 0.6) is 5.75 Å². The lowest BCUT2D eigenvalue weighted by molar-refractivity contribution is -0.116. The summed E-state index contributed by atoms with van der Waals surface area (Å²) in [5, 5.41) is 13.7. The highest BCUT2D eigenvalue weighted by Crippen LogP contribution is 2.34. The van der Waals surface area contributed by atoms with Gasteiger partial charge in [0.2, 0.25) is 0 Å². The maximum absolute atomic E-state index is 12.0. The predicted molar refractivity (Wildman–Crippen MR) is 88.2 cm³/mol. The average molecular weight is 424 g/mol. The first-order valence-electron chi connectivity index (χ1n) is 6.12. The lowest BCUT2D eigenvalue weighted by Gasteiger charge is -2.04.